The number of piperidine rings is 1. The van der Waals surface area contributed by atoms with Crippen molar-refractivity contribution in [2.45, 2.75) is 52.5 Å². The van der Waals surface area contributed by atoms with Gasteiger partial charge in [-0.25, -0.2) is 0 Å². The van der Waals surface area contributed by atoms with Crippen LogP contribution in [0, 0.1) is 11.3 Å². The molecule has 1 heterocycles. The van der Waals surface area contributed by atoms with Gasteiger partial charge in [-0.2, -0.15) is 0 Å². The topological polar surface area (TPSA) is 69.6 Å². The molecule has 0 radical (unpaired) electrons. The third-order valence-corrected chi connectivity index (χ3v) is 5.28. The highest BCUT2D eigenvalue weighted by Crippen LogP contribution is 2.36. The summed E-state index contributed by atoms with van der Waals surface area (Å²) in [6.45, 7) is 6.99. The number of fused-ring (bicyclic) bond motifs is 1. The predicted octanol–water partition coefficient (Wildman–Crippen LogP) is 2.78. The van der Waals surface area contributed by atoms with E-state index < -0.39 is 5.41 Å². The van der Waals surface area contributed by atoms with Crippen LogP contribution in [0.15, 0.2) is 18.2 Å². The summed E-state index contributed by atoms with van der Waals surface area (Å²) in [5.41, 5.74) is 1.55. The lowest BCUT2D eigenvalue weighted by molar-refractivity contribution is -0.142. The molecule has 0 spiro atoms. The SMILES string of the molecule is CC(C)(C)C(=O)N1CCC[C@@H](C(=O)N[C@H]2CCc3c(O)cccc32)C1. The number of nitrogens with zero attached hydrogens (tertiary/aromatic N) is 1. The van der Waals surface area contributed by atoms with E-state index in [9.17, 15) is 14.7 Å². The smallest absolute Gasteiger partial charge is 0.227 e. The van der Waals surface area contributed by atoms with Crippen molar-refractivity contribution in [1.29, 1.82) is 0 Å². The summed E-state index contributed by atoms with van der Waals surface area (Å²) in [4.78, 5) is 27.1. The van der Waals surface area contributed by atoms with Crippen LogP contribution in [0.1, 0.15) is 57.2 Å². The molecular formula is C20H28N2O3. The van der Waals surface area contributed by atoms with Crippen LogP contribution in [0.2, 0.25) is 0 Å². The van der Waals surface area contributed by atoms with E-state index in [1.54, 1.807) is 6.07 Å². The lowest BCUT2D eigenvalue weighted by atomic mass is 9.90. The lowest BCUT2D eigenvalue weighted by Crippen LogP contribution is -2.49. The minimum atomic E-state index is -0.416. The maximum absolute atomic E-state index is 12.8. The van der Waals surface area contributed by atoms with Crippen LogP contribution in [0.4, 0.5) is 0 Å². The van der Waals surface area contributed by atoms with Crippen molar-refractivity contribution in [1.82, 2.24) is 10.2 Å². The highest BCUT2D eigenvalue weighted by Gasteiger charge is 2.35. The van der Waals surface area contributed by atoms with E-state index in [0.717, 1.165) is 43.4 Å². The fourth-order valence-corrected chi connectivity index (χ4v) is 3.92. The van der Waals surface area contributed by atoms with E-state index in [1.807, 2.05) is 37.8 Å². The summed E-state index contributed by atoms with van der Waals surface area (Å²) < 4.78 is 0. The maximum Gasteiger partial charge on any atom is 0.227 e. The first-order valence-corrected chi connectivity index (χ1v) is 9.18. The molecule has 1 fully saturated rings. The number of phenolic OH excluding ortho intramolecular Hbond substituents is 1. The Morgan fingerprint density at radius 2 is 2.00 bits per heavy atom. The van der Waals surface area contributed by atoms with Crippen LogP contribution >= 0.6 is 0 Å². The summed E-state index contributed by atoms with van der Waals surface area (Å²) in [5, 5.41) is 13.1. The van der Waals surface area contributed by atoms with Gasteiger partial charge in [-0.1, -0.05) is 32.9 Å². The Labute approximate surface area is 149 Å². The molecular weight excluding hydrogens is 316 g/mol. The quantitative estimate of drug-likeness (QED) is 0.867. The van der Waals surface area contributed by atoms with Gasteiger partial charge in [0.25, 0.3) is 0 Å². The Hall–Kier alpha value is -2.04. The highest BCUT2D eigenvalue weighted by atomic mass is 16.3. The summed E-state index contributed by atoms with van der Waals surface area (Å²) in [7, 11) is 0. The third-order valence-electron chi connectivity index (χ3n) is 5.28. The number of carbonyl (C=O) groups is 2. The molecule has 25 heavy (non-hydrogen) atoms. The molecule has 0 unspecified atom stereocenters. The second-order valence-corrected chi connectivity index (χ2v) is 8.29. The number of benzene rings is 1. The van der Waals surface area contributed by atoms with Gasteiger partial charge in [0.15, 0.2) is 0 Å². The minimum Gasteiger partial charge on any atom is -0.508 e. The van der Waals surface area contributed by atoms with E-state index in [1.165, 1.54) is 0 Å². The summed E-state index contributed by atoms with van der Waals surface area (Å²) in [6.07, 6.45) is 3.28. The second-order valence-electron chi connectivity index (χ2n) is 8.29. The minimum absolute atomic E-state index is 0.0209. The highest BCUT2D eigenvalue weighted by molar-refractivity contribution is 5.84. The van der Waals surface area contributed by atoms with Gasteiger partial charge in [-0.15, -0.1) is 0 Å². The molecule has 1 saturated heterocycles. The molecule has 1 aromatic rings. The summed E-state index contributed by atoms with van der Waals surface area (Å²) >= 11 is 0. The van der Waals surface area contributed by atoms with Gasteiger partial charge >= 0.3 is 0 Å². The first kappa shape index (κ1) is 17.8. The van der Waals surface area contributed by atoms with Gasteiger partial charge in [0.05, 0.1) is 12.0 Å². The first-order valence-electron chi connectivity index (χ1n) is 9.18. The first-order chi connectivity index (χ1) is 11.8. The van der Waals surface area contributed by atoms with Crippen molar-refractivity contribution >= 4 is 11.8 Å². The molecule has 5 nitrogen and oxygen atoms in total. The molecule has 0 bridgehead atoms. The molecule has 0 aromatic heterocycles. The molecule has 136 valence electrons. The lowest BCUT2D eigenvalue weighted by Gasteiger charge is -2.36. The van der Waals surface area contributed by atoms with Crippen LogP contribution in [0.5, 0.6) is 5.75 Å². The largest absolute Gasteiger partial charge is 0.508 e. The van der Waals surface area contributed by atoms with Crippen LogP contribution in [0.25, 0.3) is 0 Å². The van der Waals surface area contributed by atoms with Gasteiger partial charge in [0.2, 0.25) is 11.8 Å². The van der Waals surface area contributed by atoms with Crippen LogP contribution in [0.3, 0.4) is 0 Å². The van der Waals surface area contributed by atoms with Gasteiger partial charge in [-0.3, -0.25) is 9.59 Å². The van der Waals surface area contributed by atoms with Crippen molar-refractivity contribution in [3.63, 3.8) is 0 Å². The van der Waals surface area contributed by atoms with Crippen LogP contribution in [-0.4, -0.2) is 34.9 Å². The number of amides is 2. The number of hydrogen-bond donors (Lipinski definition) is 2. The Bertz CT molecular complexity index is 678. The fourth-order valence-electron chi connectivity index (χ4n) is 3.92. The fraction of sp³-hybridized carbons (Fsp3) is 0.600. The summed E-state index contributed by atoms with van der Waals surface area (Å²) in [6, 6.07) is 5.45. The Balaban J connectivity index is 1.65. The molecule has 2 amide bonds. The molecule has 1 aliphatic carbocycles. The Morgan fingerprint density at radius 1 is 1.24 bits per heavy atom. The van der Waals surface area contributed by atoms with E-state index in [4.69, 9.17) is 0 Å². The number of aromatic hydroxyl groups is 1. The Morgan fingerprint density at radius 3 is 2.72 bits per heavy atom. The van der Waals surface area contributed by atoms with Crippen LogP contribution < -0.4 is 5.32 Å². The Kier molecular flexibility index (Phi) is 4.76. The van der Waals surface area contributed by atoms with Crippen molar-refractivity contribution in [3.05, 3.63) is 29.3 Å². The monoisotopic (exact) mass is 344 g/mol. The van der Waals surface area contributed by atoms with Crippen molar-refractivity contribution in [2.75, 3.05) is 13.1 Å². The van der Waals surface area contributed by atoms with Gasteiger partial charge in [0, 0.05) is 18.5 Å². The van der Waals surface area contributed by atoms with Crippen LogP contribution in [-0.2, 0) is 16.0 Å². The molecule has 0 saturated carbocycles. The normalized spacial score (nSPS) is 23.2. The molecule has 5 heteroatoms. The number of carbonyl (C=O) groups excluding carboxylic acids is 2. The van der Waals surface area contributed by atoms with Gasteiger partial charge in [-0.05, 0) is 42.9 Å². The van der Waals surface area contributed by atoms with E-state index in [-0.39, 0.29) is 23.8 Å². The molecule has 2 N–H and O–H groups in total. The average molecular weight is 344 g/mol. The van der Waals surface area contributed by atoms with Crippen molar-refractivity contribution in [3.8, 4) is 5.75 Å². The van der Waals surface area contributed by atoms with E-state index in [2.05, 4.69) is 5.32 Å². The number of nitrogens with one attached hydrogen (secondary N) is 1. The molecule has 2 aliphatic rings. The maximum atomic E-state index is 12.8. The molecule has 1 aliphatic heterocycles. The molecule has 1 aromatic carbocycles. The standard InChI is InChI=1S/C20H28N2O3/c1-20(2,3)19(25)22-11-5-6-13(12-22)18(24)21-16-10-9-15-14(16)7-4-8-17(15)23/h4,7-8,13,16,23H,5-6,9-12H2,1-3H3,(H,21,24)/t13-,16+/m1/s1. The predicted molar refractivity (Wildman–Crippen MR) is 96.1 cm³/mol. The van der Waals surface area contributed by atoms with Crippen molar-refractivity contribution in [2.24, 2.45) is 11.3 Å². The zero-order valence-electron chi connectivity index (χ0n) is 15.3. The molecule has 2 atom stereocenters. The number of likely N-dealkylation sites (tertiary alicyclic amines) is 1. The van der Waals surface area contributed by atoms with E-state index in [0.29, 0.717) is 12.3 Å². The van der Waals surface area contributed by atoms with Crippen molar-refractivity contribution < 1.29 is 14.7 Å². The summed E-state index contributed by atoms with van der Waals surface area (Å²) in [5.74, 6) is 0.295. The van der Waals surface area contributed by atoms with E-state index >= 15 is 0 Å². The third kappa shape index (κ3) is 3.65. The number of phenols is 1. The number of rotatable bonds is 2. The van der Waals surface area contributed by atoms with Gasteiger partial charge in [0.1, 0.15) is 5.75 Å². The molecule has 3 rings (SSSR count). The second kappa shape index (κ2) is 6.70. The zero-order valence-corrected chi connectivity index (χ0v) is 15.3. The average Bonchev–Trinajstić information content (AvgIpc) is 2.98. The zero-order chi connectivity index (χ0) is 18.2. The number of hydrogen-bond acceptors (Lipinski definition) is 3. The van der Waals surface area contributed by atoms with Gasteiger partial charge < -0.3 is 15.3 Å².